The van der Waals surface area contributed by atoms with E-state index in [1.807, 2.05) is 0 Å². The first kappa shape index (κ1) is 21.8. The number of hydrogen-bond donors (Lipinski definition) is 1. The molecule has 1 heterocycles. The van der Waals surface area contributed by atoms with Crippen molar-refractivity contribution in [1.82, 2.24) is 15.0 Å². The van der Waals surface area contributed by atoms with E-state index in [0.29, 0.717) is 18.3 Å². The smallest absolute Gasteiger partial charge is 0.343 e. The van der Waals surface area contributed by atoms with Gasteiger partial charge in [-0.2, -0.15) is 15.0 Å². The molecular formula is C21H17F3N4O3. The Morgan fingerprint density at radius 1 is 1.03 bits per heavy atom. The Kier molecular flexibility index (Phi) is 6.81. The van der Waals surface area contributed by atoms with Crippen LogP contribution in [-0.4, -0.2) is 33.4 Å². The number of ketones is 1. The lowest BCUT2D eigenvalue weighted by atomic mass is 10.0. The molecule has 0 atom stereocenters. The van der Waals surface area contributed by atoms with Gasteiger partial charge in [-0.15, -0.1) is 0 Å². The van der Waals surface area contributed by atoms with E-state index in [0.717, 1.165) is 11.8 Å². The Hall–Kier alpha value is -3.95. The summed E-state index contributed by atoms with van der Waals surface area (Å²) in [5.74, 6) is -6.34. The van der Waals surface area contributed by atoms with Crippen molar-refractivity contribution in [2.45, 2.75) is 13.5 Å². The lowest BCUT2D eigenvalue weighted by Gasteiger charge is -2.09. The zero-order chi connectivity index (χ0) is 22.4. The van der Waals surface area contributed by atoms with Gasteiger partial charge in [0.25, 0.3) is 0 Å². The van der Waals surface area contributed by atoms with Gasteiger partial charge in [-0.05, 0) is 30.7 Å². The minimum atomic E-state index is -1.45. The number of benzene rings is 2. The molecule has 31 heavy (non-hydrogen) atoms. The van der Waals surface area contributed by atoms with Crippen LogP contribution in [0.5, 0.6) is 0 Å². The number of anilines is 1. The van der Waals surface area contributed by atoms with Gasteiger partial charge >= 0.3 is 5.97 Å². The number of halogens is 3. The minimum absolute atomic E-state index is 0.0418. The summed E-state index contributed by atoms with van der Waals surface area (Å²) >= 11 is 0. The summed E-state index contributed by atoms with van der Waals surface area (Å²) < 4.78 is 45.5. The van der Waals surface area contributed by atoms with Crippen molar-refractivity contribution in [3.05, 3.63) is 89.1 Å². The van der Waals surface area contributed by atoms with Crippen LogP contribution in [0.1, 0.15) is 22.8 Å². The molecule has 2 aromatic carbocycles. The quantitative estimate of drug-likeness (QED) is 0.147. The molecular weight excluding hydrogens is 413 g/mol. The molecule has 160 valence electrons. The van der Waals surface area contributed by atoms with Crippen LogP contribution in [-0.2, 0) is 16.1 Å². The molecule has 0 fully saturated rings. The topological polar surface area (TPSA) is 86.1 Å². The number of hydrogen-bond acceptors (Lipinski definition) is 6. The monoisotopic (exact) mass is 430 g/mol. The first-order valence-corrected chi connectivity index (χ1v) is 9.15. The van der Waals surface area contributed by atoms with E-state index in [2.05, 4.69) is 15.5 Å². The molecule has 1 aromatic heterocycles. The van der Waals surface area contributed by atoms with Crippen molar-refractivity contribution in [2.24, 2.45) is 0 Å². The number of nitrogens with one attached hydrogen (secondary N) is 1. The molecule has 0 saturated heterocycles. The standard InChI is InChI=1S/C21H17F3N4O3/c1-2-31-21(30)16(20(29)15-9-18(23)19(24)10-17(15)22)11-25-14-5-3-13(4-6-14)12-28-26-7-8-27-28/h3-11,25H,2,12H2,1H3. The predicted molar refractivity (Wildman–Crippen MR) is 105 cm³/mol. The first-order valence-electron chi connectivity index (χ1n) is 9.15. The second kappa shape index (κ2) is 9.70. The highest BCUT2D eigenvalue weighted by Gasteiger charge is 2.25. The summed E-state index contributed by atoms with van der Waals surface area (Å²) in [5, 5.41) is 10.8. The first-order chi connectivity index (χ1) is 14.9. The van der Waals surface area contributed by atoms with Gasteiger partial charge < -0.3 is 10.1 Å². The van der Waals surface area contributed by atoms with Crippen molar-refractivity contribution in [3.63, 3.8) is 0 Å². The van der Waals surface area contributed by atoms with Gasteiger partial charge in [-0.3, -0.25) is 4.79 Å². The molecule has 0 spiro atoms. The van der Waals surface area contributed by atoms with Gasteiger partial charge in [0.15, 0.2) is 11.6 Å². The Bertz CT molecular complexity index is 1110. The lowest BCUT2D eigenvalue weighted by Crippen LogP contribution is -2.19. The maximum atomic E-state index is 14.0. The molecule has 7 nitrogen and oxygen atoms in total. The zero-order valence-electron chi connectivity index (χ0n) is 16.3. The molecule has 0 saturated carbocycles. The SMILES string of the molecule is CCOC(=O)C(=CNc1ccc(Cn2nccn2)cc1)C(=O)c1cc(F)c(F)cc1F. The van der Waals surface area contributed by atoms with Crippen LogP contribution in [0, 0.1) is 17.5 Å². The Balaban J connectivity index is 1.82. The van der Waals surface area contributed by atoms with Crippen molar-refractivity contribution in [1.29, 1.82) is 0 Å². The van der Waals surface area contributed by atoms with Gasteiger partial charge in [0, 0.05) is 18.0 Å². The number of ether oxygens (including phenoxy) is 1. The maximum Gasteiger partial charge on any atom is 0.343 e. The number of carbonyl (C=O) groups excluding carboxylic acids is 2. The highest BCUT2D eigenvalue weighted by atomic mass is 19.2. The highest BCUT2D eigenvalue weighted by molar-refractivity contribution is 6.24. The van der Waals surface area contributed by atoms with Gasteiger partial charge in [-0.1, -0.05) is 12.1 Å². The summed E-state index contributed by atoms with van der Waals surface area (Å²) in [5.41, 5.74) is 0.0486. The number of aromatic nitrogens is 3. The third kappa shape index (κ3) is 5.35. The van der Waals surface area contributed by atoms with Crippen LogP contribution >= 0.6 is 0 Å². The van der Waals surface area contributed by atoms with Crippen molar-refractivity contribution in [2.75, 3.05) is 11.9 Å². The second-order valence-corrected chi connectivity index (χ2v) is 6.25. The molecule has 0 radical (unpaired) electrons. The number of rotatable bonds is 8. The van der Waals surface area contributed by atoms with Crippen LogP contribution in [0.25, 0.3) is 0 Å². The molecule has 1 N–H and O–H groups in total. The molecule has 0 aliphatic heterocycles. The highest BCUT2D eigenvalue weighted by Crippen LogP contribution is 2.19. The third-order valence-corrected chi connectivity index (χ3v) is 4.12. The molecule has 10 heteroatoms. The summed E-state index contributed by atoms with van der Waals surface area (Å²) in [6.07, 6.45) is 4.15. The molecule has 0 amide bonds. The summed E-state index contributed by atoms with van der Waals surface area (Å²) in [7, 11) is 0. The van der Waals surface area contributed by atoms with E-state index >= 15 is 0 Å². The van der Waals surface area contributed by atoms with Crippen LogP contribution in [0.15, 0.2) is 60.6 Å². The van der Waals surface area contributed by atoms with Crippen LogP contribution in [0.4, 0.5) is 18.9 Å². The normalized spacial score (nSPS) is 11.3. The van der Waals surface area contributed by atoms with Crippen molar-refractivity contribution >= 4 is 17.4 Å². The van der Waals surface area contributed by atoms with Crippen LogP contribution in [0.3, 0.4) is 0 Å². The van der Waals surface area contributed by atoms with E-state index in [9.17, 15) is 22.8 Å². The zero-order valence-corrected chi connectivity index (χ0v) is 16.3. The number of carbonyl (C=O) groups is 2. The molecule has 0 aliphatic rings. The average Bonchev–Trinajstić information content (AvgIpc) is 3.25. The molecule has 0 unspecified atom stereocenters. The number of nitrogens with zero attached hydrogens (tertiary/aromatic N) is 3. The fraction of sp³-hybridized carbons (Fsp3) is 0.143. The molecule has 0 bridgehead atoms. The Labute approximate surface area is 175 Å². The van der Waals surface area contributed by atoms with E-state index in [1.165, 1.54) is 11.7 Å². The Morgan fingerprint density at radius 3 is 2.32 bits per heavy atom. The Morgan fingerprint density at radius 2 is 1.68 bits per heavy atom. The predicted octanol–water partition coefficient (Wildman–Crippen LogP) is 3.49. The fourth-order valence-electron chi connectivity index (χ4n) is 2.62. The molecule has 3 rings (SSSR count). The molecule has 0 aliphatic carbocycles. The van der Waals surface area contributed by atoms with Gasteiger partial charge in [-0.25, -0.2) is 18.0 Å². The molecule has 3 aromatic rings. The van der Waals surface area contributed by atoms with Gasteiger partial charge in [0.1, 0.15) is 11.4 Å². The lowest BCUT2D eigenvalue weighted by molar-refractivity contribution is -0.138. The van der Waals surface area contributed by atoms with E-state index < -0.39 is 40.3 Å². The van der Waals surface area contributed by atoms with E-state index in [4.69, 9.17) is 4.74 Å². The fourth-order valence-corrected chi connectivity index (χ4v) is 2.62. The summed E-state index contributed by atoms with van der Waals surface area (Å²) in [6.45, 7) is 1.93. The largest absolute Gasteiger partial charge is 0.462 e. The minimum Gasteiger partial charge on any atom is -0.462 e. The van der Waals surface area contributed by atoms with E-state index in [1.54, 1.807) is 36.7 Å². The van der Waals surface area contributed by atoms with Crippen molar-refractivity contribution in [3.8, 4) is 0 Å². The summed E-state index contributed by atoms with van der Waals surface area (Å²) in [6, 6.07) is 7.56. The number of Topliss-reactive ketones (excluding diaryl/α,β-unsaturated/α-hetero) is 1. The second-order valence-electron chi connectivity index (χ2n) is 6.25. The van der Waals surface area contributed by atoms with Gasteiger partial charge in [0.2, 0.25) is 5.78 Å². The maximum absolute atomic E-state index is 14.0. The van der Waals surface area contributed by atoms with Crippen LogP contribution in [0.2, 0.25) is 0 Å². The van der Waals surface area contributed by atoms with E-state index in [-0.39, 0.29) is 12.7 Å². The van der Waals surface area contributed by atoms with Crippen molar-refractivity contribution < 1.29 is 27.5 Å². The number of esters is 1. The van der Waals surface area contributed by atoms with Gasteiger partial charge in [0.05, 0.1) is 31.1 Å². The third-order valence-electron chi connectivity index (χ3n) is 4.12. The average molecular weight is 430 g/mol. The van der Waals surface area contributed by atoms with Crippen LogP contribution < -0.4 is 5.32 Å². The summed E-state index contributed by atoms with van der Waals surface area (Å²) in [4.78, 5) is 26.4.